The summed E-state index contributed by atoms with van der Waals surface area (Å²) < 4.78 is 0. The molecule has 0 aromatic rings. The summed E-state index contributed by atoms with van der Waals surface area (Å²) >= 11 is 0. The molecule has 0 N–H and O–H groups in total. The molecule has 1 aliphatic heterocycles. The Labute approximate surface area is 70.1 Å². The summed E-state index contributed by atoms with van der Waals surface area (Å²) in [5, 5.41) is 0. The third-order valence-electron chi connectivity index (χ3n) is 3.05. The smallest absolute Gasteiger partial charge is 0.0250 e. The van der Waals surface area contributed by atoms with Gasteiger partial charge in [0.2, 0.25) is 0 Å². The van der Waals surface area contributed by atoms with E-state index in [4.69, 9.17) is 0 Å². The van der Waals surface area contributed by atoms with E-state index in [1.165, 1.54) is 13.0 Å². The zero-order chi connectivity index (χ0) is 8.43. The predicted octanol–water partition coefficient (Wildman–Crippen LogP) is 2.29. The lowest BCUT2D eigenvalue weighted by Gasteiger charge is -2.27. The van der Waals surface area contributed by atoms with Gasteiger partial charge in [0.1, 0.15) is 0 Å². The Hall–Kier alpha value is -0.300. The first-order chi connectivity index (χ1) is 5.16. The molecule has 64 valence electrons. The first-order valence-electron chi connectivity index (χ1n) is 4.55. The van der Waals surface area contributed by atoms with Crippen molar-refractivity contribution in [1.29, 1.82) is 0 Å². The molecule has 3 unspecified atom stereocenters. The second-order valence-corrected chi connectivity index (χ2v) is 3.72. The number of rotatable bonds is 2. The summed E-state index contributed by atoms with van der Waals surface area (Å²) in [5.74, 6) is 0.859. The third-order valence-corrected chi connectivity index (χ3v) is 3.05. The molecule has 11 heavy (non-hydrogen) atoms. The molecule has 1 nitrogen and oxygen atoms in total. The van der Waals surface area contributed by atoms with Crippen LogP contribution in [0.15, 0.2) is 12.7 Å². The molecule has 0 aromatic heterocycles. The third kappa shape index (κ3) is 1.64. The normalized spacial score (nSPS) is 35.5. The van der Waals surface area contributed by atoms with Crippen molar-refractivity contribution in [3.63, 3.8) is 0 Å². The summed E-state index contributed by atoms with van der Waals surface area (Å²) in [6.07, 6.45) is 3.38. The van der Waals surface area contributed by atoms with Gasteiger partial charge in [0.15, 0.2) is 0 Å². The van der Waals surface area contributed by atoms with Gasteiger partial charge in [-0.2, -0.15) is 0 Å². The first kappa shape index (κ1) is 8.79. The van der Waals surface area contributed by atoms with Crippen LogP contribution >= 0.6 is 0 Å². The highest BCUT2D eigenvalue weighted by Gasteiger charge is 2.28. The molecule has 0 bridgehead atoms. The van der Waals surface area contributed by atoms with Crippen LogP contribution < -0.4 is 0 Å². The molecule has 1 aliphatic rings. The highest BCUT2D eigenvalue weighted by atomic mass is 15.2. The number of hydrogen-bond acceptors (Lipinski definition) is 1. The van der Waals surface area contributed by atoms with Gasteiger partial charge in [0.05, 0.1) is 0 Å². The van der Waals surface area contributed by atoms with Crippen molar-refractivity contribution in [3.8, 4) is 0 Å². The molecular formula is C10H19N. The van der Waals surface area contributed by atoms with E-state index < -0.39 is 0 Å². The van der Waals surface area contributed by atoms with Gasteiger partial charge in [0.25, 0.3) is 0 Å². The zero-order valence-electron chi connectivity index (χ0n) is 7.88. The fourth-order valence-corrected chi connectivity index (χ4v) is 1.83. The highest BCUT2D eigenvalue weighted by molar-refractivity contribution is 4.91. The average molecular weight is 153 g/mol. The van der Waals surface area contributed by atoms with Gasteiger partial charge in [0, 0.05) is 12.1 Å². The molecule has 1 rings (SSSR count). The van der Waals surface area contributed by atoms with Crippen molar-refractivity contribution in [2.75, 3.05) is 6.54 Å². The van der Waals surface area contributed by atoms with Gasteiger partial charge in [-0.05, 0) is 32.7 Å². The van der Waals surface area contributed by atoms with Crippen molar-refractivity contribution in [2.45, 2.75) is 39.3 Å². The Balaban J connectivity index is 2.54. The second-order valence-electron chi connectivity index (χ2n) is 3.72. The Morgan fingerprint density at radius 2 is 2.18 bits per heavy atom. The monoisotopic (exact) mass is 153 g/mol. The predicted molar refractivity (Wildman–Crippen MR) is 49.6 cm³/mol. The van der Waals surface area contributed by atoms with Crippen molar-refractivity contribution in [2.24, 2.45) is 5.92 Å². The van der Waals surface area contributed by atoms with Gasteiger partial charge < -0.3 is 0 Å². The minimum Gasteiger partial charge on any atom is -0.294 e. The Morgan fingerprint density at radius 1 is 1.55 bits per heavy atom. The van der Waals surface area contributed by atoms with E-state index in [-0.39, 0.29) is 0 Å². The summed E-state index contributed by atoms with van der Waals surface area (Å²) in [6, 6.07) is 1.29. The molecule has 1 heteroatoms. The SMILES string of the molecule is C=CC(C)N1CCC(C)C1C. The minimum absolute atomic E-state index is 0.551. The van der Waals surface area contributed by atoms with Crippen molar-refractivity contribution in [1.82, 2.24) is 4.90 Å². The van der Waals surface area contributed by atoms with E-state index in [1.54, 1.807) is 0 Å². The quantitative estimate of drug-likeness (QED) is 0.550. The van der Waals surface area contributed by atoms with Crippen LogP contribution in [0.5, 0.6) is 0 Å². The molecular weight excluding hydrogens is 134 g/mol. The van der Waals surface area contributed by atoms with Crippen molar-refractivity contribution >= 4 is 0 Å². The van der Waals surface area contributed by atoms with E-state index in [9.17, 15) is 0 Å². The Bertz CT molecular complexity index is 142. The van der Waals surface area contributed by atoms with E-state index in [0.29, 0.717) is 6.04 Å². The van der Waals surface area contributed by atoms with Crippen LogP contribution in [-0.2, 0) is 0 Å². The fraction of sp³-hybridized carbons (Fsp3) is 0.800. The Morgan fingerprint density at radius 3 is 2.55 bits per heavy atom. The van der Waals surface area contributed by atoms with Gasteiger partial charge in [-0.15, -0.1) is 6.58 Å². The van der Waals surface area contributed by atoms with Crippen LogP contribution in [0.4, 0.5) is 0 Å². The lowest BCUT2D eigenvalue weighted by molar-refractivity contribution is 0.217. The van der Waals surface area contributed by atoms with Crippen LogP contribution in [0.25, 0.3) is 0 Å². The maximum absolute atomic E-state index is 3.82. The van der Waals surface area contributed by atoms with Gasteiger partial charge in [-0.25, -0.2) is 0 Å². The average Bonchev–Trinajstić information content (AvgIpc) is 2.32. The maximum Gasteiger partial charge on any atom is 0.0250 e. The second kappa shape index (κ2) is 3.40. The first-order valence-corrected chi connectivity index (χ1v) is 4.55. The molecule has 1 fully saturated rings. The zero-order valence-corrected chi connectivity index (χ0v) is 7.88. The largest absolute Gasteiger partial charge is 0.294 e. The van der Waals surface area contributed by atoms with E-state index in [1.807, 2.05) is 6.08 Å². The number of likely N-dealkylation sites (tertiary alicyclic amines) is 1. The lowest BCUT2D eigenvalue weighted by atomic mass is 10.0. The molecule has 0 aliphatic carbocycles. The standard InChI is InChI=1S/C10H19N/c1-5-9(3)11-7-6-8(2)10(11)4/h5,8-10H,1,6-7H2,2-4H3. The molecule has 0 amide bonds. The molecule has 1 heterocycles. The van der Waals surface area contributed by atoms with Crippen LogP contribution in [-0.4, -0.2) is 23.5 Å². The van der Waals surface area contributed by atoms with Crippen LogP contribution in [0, 0.1) is 5.92 Å². The fourth-order valence-electron chi connectivity index (χ4n) is 1.83. The lowest BCUT2D eigenvalue weighted by Crippen LogP contribution is -2.35. The van der Waals surface area contributed by atoms with Gasteiger partial charge in [-0.1, -0.05) is 13.0 Å². The van der Waals surface area contributed by atoms with Crippen molar-refractivity contribution in [3.05, 3.63) is 12.7 Å². The number of hydrogen-bond donors (Lipinski definition) is 0. The maximum atomic E-state index is 3.82. The summed E-state index contributed by atoms with van der Waals surface area (Å²) in [4.78, 5) is 2.53. The van der Waals surface area contributed by atoms with Crippen molar-refractivity contribution < 1.29 is 0 Å². The highest BCUT2D eigenvalue weighted by Crippen LogP contribution is 2.25. The summed E-state index contributed by atoms with van der Waals surface area (Å²) in [7, 11) is 0. The molecule has 3 atom stereocenters. The Kier molecular flexibility index (Phi) is 2.72. The summed E-state index contributed by atoms with van der Waals surface area (Å²) in [6.45, 7) is 11.9. The van der Waals surface area contributed by atoms with Crippen LogP contribution in [0.3, 0.4) is 0 Å². The summed E-state index contributed by atoms with van der Waals surface area (Å²) in [5.41, 5.74) is 0. The topological polar surface area (TPSA) is 3.24 Å². The van der Waals surface area contributed by atoms with Crippen LogP contribution in [0.2, 0.25) is 0 Å². The van der Waals surface area contributed by atoms with E-state index >= 15 is 0 Å². The minimum atomic E-state index is 0.551. The molecule has 0 saturated carbocycles. The van der Waals surface area contributed by atoms with Gasteiger partial charge >= 0.3 is 0 Å². The van der Waals surface area contributed by atoms with E-state index in [2.05, 4.69) is 32.3 Å². The van der Waals surface area contributed by atoms with E-state index in [0.717, 1.165) is 12.0 Å². The molecule has 0 radical (unpaired) electrons. The van der Waals surface area contributed by atoms with Crippen LogP contribution in [0.1, 0.15) is 27.2 Å². The molecule has 0 aromatic carbocycles. The van der Waals surface area contributed by atoms with Gasteiger partial charge in [-0.3, -0.25) is 4.90 Å². The molecule has 0 spiro atoms. The number of nitrogens with zero attached hydrogens (tertiary/aromatic N) is 1. The molecule has 1 saturated heterocycles.